The van der Waals surface area contributed by atoms with Gasteiger partial charge in [-0.25, -0.2) is 13.6 Å². The van der Waals surface area contributed by atoms with E-state index in [9.17, 15) is 18.5 Å². The Morgan fingerprint density at radius 3 is 2.70 bits per heavy atom. The third-order valence-electron chi connectivity index (χ3n) is 3.46. The number of hydrogen-bond donors (Lipinski definition) is 2. The van der Waals surface area contributed by atoms with Gasteiger partial charge in [-0.05, 0) is 18.2 Å². The van der Waals surface area contributed by atoms with E-state index in [0.29, 0.717) is 16.4 Å². The first-order chi connectivity index (χ1) is 12.7. The van der Waals surface area contributed by atoms with Gasteiger partial charge in [-0.15, -0.1) is 0 Å². The normalized spacial score (nSPS) is 11.3. The zero-order valence-corrected chi connectivity index (χ0v) is 15.1. The third kappa shape index (κ3) is 4.39. The second-order valence-electron chi connectivity index (χ2n) is 5.36. The summed E-state index contributed by atoms with van der Waals surface area (Å²) >= 11 is 5.92. The number of nitrogens with zero attached hydrogens (tertiary/aromatic N) is 3. The molecule has 0 amide bonds. The summed E-state index contributed by atoms with van der Waals surface area (Å²) in [6, 6.07) is 10.1. The fraction of sp³-hybridized carbons (Fsp3) is 0.0667. The summed E-state index contributed by atoms with van der Waals surface area (Å²) in [6.45, 7) is -0.0199. The summed E-state index contributed by atoms with van der Waals surface area (Å²) in [7, 11) is -4.18. The third-order valence-corrected chi connectivity index (χ3v) is 4.65. The number of anilines is 1. The monoisotopic (exact) mass is 409 g/mol. The molecule has 3 N–H and O–H groups in total. The van der Waals surface area contributed by atoms with Crippen molar-refractivity contribution in [1.29, 1.82) is 0 Å². The summed E-state index contributed by atoms with van der Waals surface area (Å²) in [6.07, 6.45) is 0. The minimum atomic E-state index is -4.18. The number of non-ortho nitro benzene ring substituents is 1. The molecular formula is C15H12ClN5O5S. The van der Waals surface area contributed by atoms with Crippen LogP contribution in [0, 0.1) is 10.1 Å². The van der Waals surface area contributed by atoms with Crippen molar-refractivity contribution < 1.29 is 17.9 Å². The Bertz CT molecular complexity index is 1120. The Balaban J connectivity index is 1.82. The predicted molar refractivity (Wildman–Crippen MR) is 96.5 cm³/mol. The van der Waals surface area contributed by atoms with Gasteiger partial charge >= 0.3 is 0 Å². The number of nitro groups is 1. The first-order valence-electron chi connectivity index (χ1n) is 7.37. The molecule has 12 heteroatoms. The number of hydrogen-bond acceptors (Lipinski definition) is 8. The highest BCUT2D eigenvalue weighted by molar-refractivity contribution is 7.89. The molecule has 140 valence electrons. The summed E-state index contributed by atoms with van der Waals surface area (Å²) in [4.78, 5) is 13.9. The lowest BCUT2D eigenvalue weighted by molar-refractivity contribution is -0.385. The summed E-state index contributed by atoms with van der Waals surface area (Å²) in [5, 5.41) is 23.1. The highest BCUT2D eigenvalue weighted by atomic mass is 35.5. The molecule has 1 heterocycles. The zero-order valence-electron chi connectivity index (χ0n) is 13.5. The molecule has 0 unspecified atom stereocenters. The molecule has 3 rings (SSSR count). The van der Waals surface area contributed by atoms with Crippen LogP contribution in [0.5, 0.6) is 0 Å². The maximum absolute atomic E-state index is 11.7. The topological polar surface area (TPSA) is 154 Å². The molecule has 0 fully saturated rings. The van der Waals surface area contributed by atoms with Crippen LogP contribution in [0.25, 0.3) is 11.4 Å². The summed E-state index contributed by atoms with van der Waals surface area (Å²) < 4.78 is 28.5. The zero-order chi connectivity index (χ0) is 19.6. The van der Waals surface area contributed by atoms with Gasteiger partial charge in [0.25, 0.3) is 5.69 Å². The number of sulfonamides is 1. The molecule has 0 saturated carbocycles. The highest BCUT2D eigenvalue weighted by Crippen LogP contribution is 2.26. The number of nitro benzene ring substituents is 1. The van der Waals surface area contributed by atoms with Crippen LogP contribution in [-0.4, -0.2) is 23.5 Å². The fourth-order valence-electron chi connectivity index (χ4n) is 2.25. The molecule has 0 aliphatic rings. The molecule has 3 aromatic rings. The molecule has 27 heavy (non-hydrogen) atoms. The average molecular weight is 410 g/mol. The lowest BCUT2D eigenvalue weighted by atomic mass is 10.2. The Morgan fingerprint density at radius 1 is 1.26 bits per heavy atom. The van der Waals surface area contributed by atoms with Crippen LogP contribution in [0.2, 0.25) is 5.02 Å². The van der Waals surface area contributed by atoms with E-state index in [0.717, 1.165) is 12.1 Å². The molecule has 0 radical (unpaired) electrons. The van der Waals surface area contributed by atoms with Crippen molar-refractivity contribution in [1.82, 2.24) is 10.1 Å². The second kappa shape index (κ2) is 7.31. The predicted octanol–water partition coefficient (Wildman–Crippen LogP) is 2.56. The van der Waals surface area contributed by atoms with Crippen LogP contribution in [-0.2, 0) is 16.6 Å². The minimum Gasteiger partial charge on any atom is -0.375 e. The van der Waals surface area contributed by atoms with Crippen LogP contribution in [0.1, 0.15) is 5.89 Å². The van der Waals surface area contributed by atoms with Crippen LogP contribution in [0.4, 0.5) is 11.4 Å². The van der Waals surface area contributed by atoms with Crippen molar-refractivity contribution in [2.24, 2.45) is 5.14 Å². The fourth-order valence-corrected chi connectivity index (χ4v) is 3.17. The van der Waals surface area contributed by atoms with Gasteiger partial charge in [0.2, 0.25) is 21.7 Å². The van der Waals surface area contributed by atoms with E-state index in [1.54, 1.807) is 24.3 Å². The minimum absolute atomic E-state index is 0.0199. The molecule has 2 aromatic carbocycles. The van der Waals surface area contributed by atoms with Crippen LogP contribution in [0.3, 0.4) is 0 Å². The first kappa shape index (κ1) is 18.8. The molecule has 0 spiro atoms. The maximum atomic E-state index is 11.7. The SMILES string of the molecule is NS(=O)(=O)c1cc([N+](=O)[O-])ccc1NCc1nc(-c2cccc(Cl)c2)no1. The molecule has 1 aromatic heterocycles. The van der Waals surface area contributed by atoms with Crippen LogP contribution in [0.15, 0.2) is 51.9 Å². The molecule has 0 atom stereocenters. The van der Waals surface area contributed by atoms with Crippen molar-refractivity contribution in [3.63, 3.8) is 0 Å². The van der Waals surface area contributed by atoms with E-state index in [1.165, 1.54) is 6.07 Å². The van der Waals surface area contributed by atoms with Crippen molar-refractivity contribution >= 4 is 33.0 Å². The van der Waals surface area contributed by atoms with Crippen LogP contribution < -0.4 is 10.5 Å². The summed E-state index contributed by atoms with van der Waals surface area (Å²) in [5.41, 5.74) is 0.328. The Hall–Kier alpha value is -3.02. The highest BCUT2D eigenvalue weighted by Gasteiger charge is 2.19. The maximum Gasteiger partial charge on any atom is 0.270 e. The number of halogens is 1. The van der Waals surface area contributed by atoms with E-state index < -0.39 is 25.5 Å². The van der Waals surface area contributed by atoms with E-state index in [-0.39, 0.29) is 18.1 Å². The largest absolute Gasteiger partial charge is 0.375 e. The average Bonchev–Trinajstić information content (AvgIpc) is 3.08. The van der Waals surface area contributed by atoms with Crippen LogP contribution >= 0.6 is 11.6 Å². The lowest BCUT2D eigenvalue weighted by Gasteiger charge is -2.08. The van der Waals surface area contributed by atoms with Crippen molar-refractivity contribution in [2.45, 2.75) is 11.4 Å². The van der Waals surface area contributed by atoms with Gasteiger partial charge in [-0.2, -0.15) is 4.98 Å². The van der Waals surface area contributed by atoms with E-state index in [1.807, 2.05) is 0 Å². The number of primary sulfonamides is 1. The van der Waals surface area contributed by atoms with Gasteiger partial charge in [0, 0.05) is 22.7 Å². The van der Waals surface area contributed by atoms with Gasteiger partial charge < -0.3 is 9.84 Å². The molecule has 10 nitrogen and oxygen atoms in total. The van der Waals surface area contributed by atoms with Gasteiger partial charge in [0.15, 0.2) is 0 Å². The Labute approximate surface area is 158 Å². The molecule has 0 bridgehead atoms. The Kier molecular flexibility index (Phi) is 5.08. The smallest absolute Gasteiger partial charge is 0.270 e. The number of aromatic nitrogens is 2. The van der Waals surface area contributed by atoms with Gasteiger partial charge in [0.05, 0.1) is 17.2 Å². The lowest BCUT2D eigenvalue weighted by Crippen LogP contribution is -2.15. The van der Waals surface area contributed by atoms with E-state index in [4.69, 9.17) is 21.3 Å². The molecule has 0 aliphatic carbocycles. The standard InChI is InChI=1S/C15H12ClN5O5S/c16-10-3-1-2-9(6-10)15-19-14(26-20-15)8-18-12-5-4-11(21(22)23)7-13(12)27(17,24)25/h1-7,18H,8H2,(H2,17,24,25). The van der Waals surface area contributed by atoms with E-state index >= 15 is 0 Å². The molecule has 0 aliphatic heterocycles. The van der Waals surface area contributed by atoms with Crippen molar-refractivity contribution in [3.8, 4) is 11.4 Å². The Morgan fingerprint density at radius 2 is 2.04 bits per heavy atom. The van der Waals surface area contributed by atoms with Gasteiger partial charge in [-0.3, -0.25) is 10.1 Å². The number of nitrogens with two attached hydrogens (primary N) is 1. The number of nitrogens with one attached hydrogen (secondary N) is 1. The van der Waals surface area contributed by atoms with Gasteiger partial charge in [-0.1, -0.05) is 28.9 Å². The van der Waals surface area contributed by atoms with Crippen molar-refractivity contribution in [3.05, 3.63) is 63.5 Å². The molecule has 0 saturated heterocycles. The first-order valence-corrected chi connectivity index (χ1v) is 9.30. The quantitative estimate of drug-likeness (QED) is 0.464. The molecular weight excluding hydrogens is 398 g/mol. The summed E-state index contributed by atoms with van der Waals surface area (Å²) in [5.74, 6) is 0.480. The van der Waals surface area contributed by atoms with Crippen molar-refractivity contribution in [2.75, 3.05) is 5.32 Å². The van der Waals surface area contributed by atoms with E-state index in [2.05, 4.69) is 15.5 Å². The van der Waals surface area contributed by atoms with Gasteiger partial charge in [0.1, 0.15) is 4.90 Å². The second-order valence-corrected chi connectivity index (χ2v) is 7.32. The number of rotatable bonds is 6. The number of benzene rings is 2.